The number of aromatic nitrogens is 1. The maximum atomic E-state index is 12.9. The number of amides is 2. The summed E-state index contributed by atoms with van der Waals surface area (Å²) >= 11 is 0. The maximum Gasteiger partial charge on any atom is 0.251 e. The molecule has 2 amide bonds. The standard InChI is InChI=1S/C25H21N3O2/c29-24(19-10-5-2-6-11-19)27-17-23(18-8-3-1-4-9-18)28-25(30)21-13-14-22-20(16-21)12-7-15-26-22/h1-16,23H,17H2,(H,27,29)(H,28,30). The summed E-state index contributed by atoms with van der Waals surface area (Å²) in [5, 5.41) is 6.87. The zero-order valence-corrected chi connectivity index (χ0v) is 16.3. The third-order valence-corrected chi connectivity index (χ3v) is 4.88. The smallest absolute Gasteiger partial charge is 0.251 e. The molecule has 0 saturated carbocycles. The molecule has 1 unspecified atom stereocenters. The summed E-state index contributed by atoms with van der Waals surface area (Å²) in [6, 6.07) is 27.4. The number of hydrogen-bond donors (Lipinski definition) is 2. The maximum absolute atomic E-state index is 12.9. The van der Waals surface area contributed by atoms with Gasteiger partial charge in [0.15, 0.2) is 0 Å². The summed E-state index contributed by atoms with van der Waals surface area (Å²) < 4.78 is 0. The molecule has 0 radical (unpaired) electrons. The molecule has 0 aliphatic heterocycles. The molecule has 0 aliphatic carbocycles. The van der Waals surface area contributed by atoms with E-state index in [0.717, 1.165) is 16.5 Å². The molecule has 0 fully saturated rings. The van der Waals surface area contributed by atoms with Crippen molar-refractivity contribution < 1.29 is 9.59 Å². The Labute approximate surface area is 174 Å². The van der Waals surface area contributed by atoms with Crippen molar-refractivity contribution in [3.8, 4) is 0 Å². The highest BCUT2D eigenvalue weighted by Gasteiger charge is 2.17. The molecular formula is C25H21N3O2. The van der Waals surface area contributed by atoms with E-state index in [0.29, 0.717) is 11.1 Å². The fraction of sp³-hybridized carbons (Fsp3) is 0.0800. The first-order valence-electron chi connectivity index (χ1n) is 9.74. The fourth-order valence-corrected chi connectivity index (χ4v) is 3.28. The second kappa shape index (κ2) is 9.01. The molecule has 1 aromatic heterocycles. The first-order valence-corrected chi connectivity index (χ1v) is 9.74. The minimum Gasteiger partial charge on any atom is -0.350 e. The van der Waals surface area contributed by atoms with Crippen molar-refractivity contribution in [1.82, 2.24) is 15.6 Å². The van der Waals surface area contributed by atoms with E-state index < -0.39 is 0 Å². The molecule has 2 N–H and O–H groups in total. The Bertz CT molecular complexity index is 1160. The van der Waals surface area contributed by atoms with Crippen LogP contribution in [0.15, 0.2) is 97.2 Å². The van der Waals surface area contributed by atoms with Crippen LogP contribution in [0.4, 0.5) is 0 Å². The molecule has 5 heteroatoms. The average molecular weight is 395 g/mol. The molecular weight excluding hydrogens is 374 g/mol. The number of benzene rings is 3. The number of nitrogens with zero attached hydrogens (tertiary/aromatic N) is 1. The number of fused-ring (bicyclic) bond motifs is 1. The highest BCUT2D eigenvalue weighted by Crippen LogP contribution is 2.16. The molecule has 5 nitrogen and oxygen atoms in total. The van der Waals surface area contributed by atoms with Gasteiger partial charge in [0.2, 0.25) is 0 Å². The zero-order valence-electron chi connectivity index (χ0n) is 16.3. The Hall–Kier alpha value is -3.99. The molecule has 0 aliphatic rings. The fourth-order valence-electron chi connectivity index (χ4n) is 3.28. The van der Waals surface area contributed by atoms with Gasteiger partial charge in [-0.25, -0.2) is 0 Å². The van der Waals surface area contributed by atoms with Crippen LogP contribution in [0.3, 0.4) is 0 Å². The van der Waals surface area contributed by atoms with Crippen LogP contribution in [-0.2, 0) is 0 Å². The second-order valence-electron chi connectivity index (χ2n) is 6.92. The monoisotopic (exact) mass is 395 g/mol. The van der Waals surface area contributed by atoms with Crippen LogP contribution in [0.2, 0.25) is 0 Å². The van der Waals surface area contributed by atoms with Gasteiger partial charge in [-0.05, 0) is 42.0 Å². The lowest BCUT2D eigenvalue weighted by Gasteiger charge is -2.20. The Kier molecular flexibility index (Phi) is 5.80. The highest BCUT2D eigenvalue weighted by molar-refractivity contribution is 5.98. The topological polar surface area (TPSA) is 71.1 Å². The van der Waals surface area contributed by atoms with Crippen molar-refractivity contribution in [3.05, 3.63) is 114 Å². The molecule has 30 heavy (non-hydrogen) atoms. The van der Waals surface area contributed by atoms with Crippen molar-refractivity contribution in [2.75, 3.05) is 6.54 Å². The minimum absolute atomic E-state index is 0.178. The highest BCUT2D eigenvalue weighted by atomic mass is 16.2. The number of rotatable bonds is 6. The van der Waals surface area contributed by atoms with E-state index in [9.17, 15) is 9.59 Å². The number of carbonyl (C=O) groups excluding carboxylic acids is 2. The van der Waals surface area contributed by atoms with Crippen molar-refractivity contribution in [2.45, 2.75) is 6.04 Å². The number of carbonyl (C=O) groups is 2. The summed E-state index contributed by atoms with van der Waals surface area (Å²) in [4.78, 5) is 29.7. The van der Waals surface area contributed by atoms with Crippen molar-refractivity contribution in [1.29, 1.82) is 0 Å². The van der Waals surface area contributed by atoms with Crippen molar-refractivity contribution >= 4 is 22.7 Å². The Balaban J connectivity index is 1.52. The van der Waals surface area contributed by atoms with Crippen LogP contribution in [-0.4, -0.2) is 23.3 Å². The molecule has 0 saturated heterocycles. The van der Waals surface area contributed by atoms with E-state index in [1.165, 1.54) is 0 Å². The Morgan fingerprint density at radius 1 is 0.767 bits per heavy atom. The third-order valence-electron chi connectivity index (χ3n) is 4.88. The van der Waals surface area contributed by atoms with Gasteiger partial charge in [-0.1, -0.05) is 54.6 Å². The molecule has 3 aromatic carbocycles. The van der Waals surface area contributed by atoms with Crippen LogP contribution in [0, 0.1) is 0 Å². The number of nitrogens with one attached hydrogen (secondary N) is 2. The summed E-state index contributed by atoms with van der Waals surface area (Å²) in [5.74, 6) is -0.383. The molecule has 148 valence electrons. The summed E-state index contributed by atoms with van der Waals surface area (Å²) in [6.45, 7) is 0.276. The first kappa shape index (κ1) is 19.3. The summed E-state index contributed by atoms with van der Waals surface area (Å²) in [7, 11) is 0. The predicted octanol–water partition coefficient (Wildman–Crippen LogP) is 4.14. The van der Waals surface area contributed by atoms with E-state index in [-0.39, 0.29) is 24.4 Å². The van der Waals surface area contributed by atoms with Crippen molar-refractivity contribution in [3.63, 3.8) is 0 Å². The van der Waals surface area contributed by atoms with Crippen LogP contribution < -0.4 is 10.6 Å². The molecule has 4 aromatic rings. The van der Waals surface area contributed by atoms with E-state index in [4.69, 9.17) is 0 Å². The lowest BCUT2D eigenvalue weighted by atomic mass is 10.1. The molecule has 4 rings (SSSR count). The van der Waals surface area contributed by atoms with E-state index >= 15 is 0 Å². The van der Waals surface area contributed by atoms with E-state index in [2.05, 4.69) is 15.6 Å². The van der Waals surface area contributed by atoms with E-state index in [1.807, 2.05) is 72.8 Å². The van der Waals surface area contributed by atoms with Gasteiger partial charge >= 0.3 is 0 Å². The Morgan fingerprint density at radius 2 is 1.50 bits per heavy atom. The number of hydrogen-bond acceptors (Lipinski definition) is 3. The summed E-state index contributed by atoms with van der Waals surface area (Å²) in [6.07, 6.45) is 1.73. The molecule has 0 bridgehead atoms. The predicted molar refractivity (Wildman–Crippen MR) is 117 cm³/mol. The lowest BCUT2D eigenvalue weighted by Crippen LogP contribution is -2.38. The molecule has 0 spiro atoms. The van der Waals surface area contributed by atoms with Gasteiger partial charge in [0.25, 0.3) is 11.8 Å². The number of pyridine rings is 1. The van der Waals surface area contributed by atoms with Crippen LogP contribution >= 0.6 is 0 Å². The largest absolute Gasteiger partial charge is 0.350 e. The Morgan fingerprint density at radius 3 is 2.27 bits per heavy atom. The zero-order chi connectivity index (χ0) is 20.8. The average Bonchev–Trinajstić information content (AvgIpc) is 2.82. The van der Waals surface area contributed by atoms with Gasteiger partial charge in [-0.2, -0.15) is 0 Å². The van der Waals surface area contributed by atoms with Gasteiger partial charge in [0.1, 0.15) is 0 Å². The lowest BCUT2D eigenvalue weighted by molar-refractivity contribution is 0.0908. The summed E-state index contributed by atoms with van der Waals surface area (Å²) in [5.41, 5.74) is 2.88. The van der Waals surface area contributed by atoms with Crippen LogP contribution in [0.1, 0.15) is 32.3 Å². The van der Waals surface area contributed by atoms with Gasteiger partial charge in [-0.15, -0.1) is 0 Å². The van der Waals surface area contributed by atoms with E-state index in [1.54, 1.807) is 24.4 Å². The van der Waals surface area contributed by atoms with Gasteiger partial charge in [-0.3, -0.25) is 14.6 Å². The quantitative estimate of drug-likeness (QED) is 0.516. The minimum atomic E-state index is -0.365. The normalized spacial score (nSPS) is 11.6. The third kappa shape index (κ3) is 4.52. The van der Waals surface area contributed by atoms with Crippen LogP contribution in [0.25, 0.3) is 10.9 Å². The second-order valence-corrected chi connectivity index (χ2v) is 6.92. The van der Waals surface area contributed by atoms with Crippen molar-refractivity contribution in [2.24, 2.45) is 0 Å². The van der Waals surface area contributed by atoms with Gasteiger partial charge < -0.3 is 10.6 Å². The van der Waals surface area contributed by atoms with Crippen LogP contribution in [0.5, 0.6) is 0 Å². The molecule has 1 heterocycles. The first-order chi connectivity index (χ1) is 14.7. The molecule has 1 atom stereocenters. The van der Waals surface area contributed by atoms with Gasteiger partial charge in [0.05, 0.1) is 11.6 Å². The SMILES string of the molecule is O=C(NCC(NC(=O)c1ccc2ncccc2c1)c1ccccc1)c1ccccc1. The van der Waals surface area contributed by atoms with Gasteiger partial charge in [0, 0.05) is 29.3 Å².